The zero-order valence-electron chi connectivity index (χ0n) is 17.6. The molecule has 0 aromatic heterocycles. The van der Waals surface area contributed by atoms with E-state index >= 15 is 0 Å². The molecule has 3 rings (SSSR count). The van der Waals surface area contributed by atoms with Crippen LogP contribution in [0.2, 0.25) is 0 Å². The highest BCUT2D eigenvalue weighted by molar-refractivity contribution is 5.87. The minimum Gasteiger partial charge on any atom is -0.508 e. The molecule has 7 N–H and O–H groups in total. The minimum atomic E-state index is -1.75. The highest BCUT2D eigenvalue weighted by Crippen LogP contribution is 2.26. The number of aliphatic hydroxyl groups excluding tert-OH is 6. The Hall–Kier alpha value is -2.13. The van der Waals surface area contributed by atoms with Gasteiger partial charge in [-0.3, -0.25) is 0 Å². The van der Waals surface area contributed by atoms with Gasteiger partial charge in [0.15, 0.2) is 6.29 Å². The second-order valence-electron chi connectivity index (χ2n) is 7.89. The van der Waals surface area contributed by atoms with Gasteiger partial charge in [0.25, 0.3) is 0 Å². The summed E-state index contributed by atoms with van der Waals surface area (Å²) in [5, 5.41) is 69.3. The van der Waals surface area contributed by atoms with Crippen LogP contribution in [0, 0.1) is 0 Å². The Morgan fingerprint density at radius 1 is 0.879 bits per heavy atom. The number of esters is 1. The van der Waals surface area contributed by atoms with Crippen LogP contribution in [0.3, 0.4) is 0 Å². The molecule has 2 aliphatic heterocycles. The first kappa shape index (κ1) is 25.5. The van der Waals surface area contributed by atoms with Crippen molar-refractivity contribution < 1.29 is 59.5 Å². The third-order valence-electron chi connectivity index (χ3n) is 5.44. The molecule has 10 atom stereocenters. The molecule has 1 aromatic rings. The van der Waals surface area contributed by atoms with Gasteiger partial charge in [0.1, 0.15) is 48.5 Å². The molecule has 12 nitrogen and oxygen atoms in total. The van der Waals surface area contributed by atoms with E-state index in [9.17, 15) is 40.5 Å². The lowest BCUT2D eigenvalue weighted by Crippen LogP contribution is -2.61. The number of hydrogen-bond donors (Lipinski definition) is 7. The number of carbonyl (C=O) groups is 1. The van der Waals surface area contributed by atoms with Crippen molar-refractivity contribution >= 4 is 12.0 Å². The predicted octanol–water partition coefficient (Wildman–Crippen LogP) is -2.40. The van der Waals surface area contributed by atoms with Crippen LogP contribution in [0.1, 0.15) is 12.5 Å². The van der Waals surface area contributed by atoms with Gasteiger partial charge in [-0.15, -0.1) is 0 Å². The Bertz CT molecular complexity index is 814. The Morgan fingerprint density at radius 3 is 2.15 bits per heavy atom. The molecule has 0 unspecified atom stereocenters. The number of benzene rings is 1. The number of phenols is 1. The summed E-state index contributed by atoms with van der Waals surface area (Å²) in [5.74, 6) is -0.854. The van der Waals surface area contributed by atoms with Crippen LogP contribution in [-0.4, -0.2) is 110 Å². The highest BCUT2D eigenvalue weighted by atomic mass is 16.7. The molecule has 2 fully saturated rings. The number of phenolic OH excluding ortho intramolecular Hbond substituents is 1. The first-order valence-corrected chi connectivity index (χ1v) is 10.3. The number of aromatic hydroxyl groups is 1. The van der Waals surface area contributed by atoms with E-state index in [1.54, 1.807) is 12.1 Å². The summed E-state index contributed by atoms with van der Waals surface area (Å²) in [6.07, 6.45) is -12.3. The van der Waals surface area contributed by atoms with E-state index in [-0.39, 0.29) is 5.75 Å². The fourth-order valence-corrected chi connectivity index (χ4v) is 3.40. The van der Waals surface area contributed by atoms with Crippen molar-refractivity contribution in [2.75, 3.05) is 6.61 Å². The smallest absolute Gasteiger partial charge is 0.333 e. The van der Waals surface area contributed by atoms with E-state index in [0.29, 0.717) is 5.56 Å². The highest BCUT2D eigenvalue weighted by Gasteiger charge is 2.47. The van der Waals surface area contributed by atoms with Crippen LogP contribution in [0.5, 0.6) is 5.75 Å². The van der Waals surface area contributed by atoms with Gasteiger partial charge in [-0.05, 0) is 30.7 Å². The number of ether oxygens (including phenoxy) is 4. The summed E-state index contributed by atoms with van der Waals surface area (Å²) in [6.45, 7) is 0.989. The van der Waals surface area contributed by atoms with Crippen molar-refractivity contribution in [3.8, 4) is 5.75 Å². The quantitative estimate of drug-likeness (QED) is 0.172. The van der Waals surface area contributed by atoms with Gasteiger partial charge < -0.3 is 54.7 Å². The third-order valence-corrected chi connectivity index (χ3v) is 5.44. The molecule has 2 aliphatic rings. The van der Waals surface area contributed by atoms with Gasteiger partial charge in [-0.25, -0.2) is 4.79 Å². The standard InChI is InChI=1S/C21H28O12/c1-9-14(24)16(26)18(28)20(31-9)30-8-12-15(25)17(27)19(29)21(32-12)33-13(23)7-4-10-2-5-11(22)6-3-10/h2-7,9,12,14-22,24-29H,8H2,1H3/b7-4-/t9-,12+,14-,15+,16+,17-,18+,19+,20+,21-/m0/s1. The van der Waals surface area contributed by atoms with E-state index in [2.05, 4.69) is 0 Å². The molecule has 0 amide bonds. The van der Waals surface area contributed by atoms with Crippen LogP contribution in [0.4, 0.5) is 0 Å². The number of carbonyl (C=O) groups excluding carboxylic acids is 1. The second kappa shape index (κ2) is 10.9. The first-order valence-electron chi connectivity index (χ1n) is 10.3. The van der Waals surface area contributed by atoms with Gasteiger partial charge in [-0.2, -0.15) is 0 Å². The maximum Gasteiger partial charge on any atom is 0.333 e. The van der Waals surface area contributed by atoms with Gasteiger partial charge in [-0.1, -0.05) is 12.1 Å². The van der Waals surface area contributed by atoms with Gasteiger partial charge in [0, 0.05) is 6.08 Å². The average Bonchev–Trinajstić information content (AvgIpc) is 2.79. The molecule has 0 radical (unpaired) electrons. The predicted molar refractivity (Wildman–Crippen MR) is 108 cm³/mol. The summed E-state index contributed by atoms with van der Waals surface area (Å²) in [7, 11) is 0. The molecule has 0 spiro atoms. The number of aliphatic hydroxyl groups is 6. The molecular weight excluding hydrogens is 444 g/mol. The topological polar surface area (TPSA) is 196 Å². The van der Waals surface area contributed by atoms with E-state index in [0.717, 1.165) is 6.08 Å². The Labute approximate surface area is 188 Å². The minimum absolute atomic E-state index is 0.0561. The molecule has 33 heavy (non-hydrogen) atoms. The summed E-state index contributed by atoms with van der Waals surface area (Å²) < 4.78 is 21.0. The fourth-order valence-electron chi connectivity index (χ4n) is 3.40. The summed E-state index contributed by atoms with van der Waals surface area (Å²) in [4.78, 5) is 12.1. The number of rotatable bonds is 6. The average molecular weight is 472 g/mol. The summed E-state index contributed by atoms with van der Waals surface area (Å²) in [6, 6.07) is 5.96. The van der Waals surface area contributed by atoms with Crippen LogP contribution in [0.15, 0.2) is 30.3 Å². The molecular formula is C21H28O12. The molecule has 0 saturated carbocycles. The van der Waals surface area contributed by atoms with Crippen molar-refractivity contribution in [1.29, 1.82) is 0 Å². The van der Waals surface area contributed by atoms with E-state index in [4.69, 9.17) is 18.9 Å². The molecule has 2 saturated heterocycles. The fraction of sp³-hybridized carbons (Fsp3) is 0.571. The molecule has 2 heterocycles. The van der Waals surface area contributed by atoms with Crippen LogP contribution < -0.4 is 0 Å². The third kappa shape index (κ3) is 6.06. The van der Waals surface area contributed by atoms with Crippen LogP contribution in [-0.2, 0) is 23.7 Å². The maximum absolute atomic E-state index is 12.1. The van der Waals surface area contributed by atoms with Gasteiger partial charge in [0.2, 0.25) is 6.29 Å². The maximum atomic E-state index is 12.1. The van der Waals surface area contributed by atoms with Crippen molar-refractivity contribution in [2.45, 2.75) is 68.3 Å². The SMILES string of the molecule is C[C@@H]1O[C@@H](OC[C@H]2O[C@@H](OC(=O)/C=C\c3ccc(O)cc3)[C@H](O)[C@@H](O)[C@@H]2O)[C@H](O)[C@H](O)[C@H]1O. The Kier molecular flexibility index (Phi) is 8.39. The normalized spacial score (nSPS) is 39.5. The van der Waals surface area contributed by atoms with Gasteiger partial charge >= 0.3 is 5.97 Å². The van der Waals surface area contributed by atoms with Crippen LogP contribution in [0.25, 0.3) is 6.08 Å². The lowest BCUT2D eigenvalue weighted by Gasteiger charge is -2.42. The Morgan fingerprint density at radius 2 is 1.48 bits per heavy atom. The molecule has 12 heteroatoms. The van der Waals surface area contributed by atoms with Crippen molar-refractivity contribution in [2.24, 2.45) is 0 Å². The monoisotopic (exact) mass is 472 g/mol. The number of hydrogen-bond acceptors (Lipinski definition) is 12. The molecule has 1 aromatic carbocycles. The molecule has 0 bridgehead atoms. The Balaban J connectivity index is 1.58. The summed E-state index contributed by atoms with van der Waals surface area (Å²) >= 11 is 0. The van der Waals surface area contributed by atoms with Crippen molar-refractivity contribution in [1.82, 2.24) is 0 Å². The van der Waals surface area contributed by atoms with Crippen molar-refractivity contribution in [3.05, 3.63) is 35.9 Å². The van der Waals surface area contributed by atoms with E-state index < -0.39 is 74.0 Å². The van der Waals surface area contributed by atoms with Crippen LogP contribution >= 0.6 is 0 Å². The lowest BCUT2D eigenvalue weighted by atomic mass is 9.98. The lowest BCUT2D eigenvalue weighted by molar-refractivity contribution is -0.323. The zero-order valence-corrected chi connectivity index (χ0v) is 17.6. The van der Waals surface area contributed by atoms with Gasteiger partial charge in [0.05, 0.1) is 12.7 Å². The van der Waals surface area contributed by atoms with E-state index in [1.165, 1.54) is 25.1 Å². The first-order chi connectivity index (χ1) is 15.6. The summed E-state index contributed by atoms with van der Waals surface area (Å²) in [5.41, 5.74) is 0.587. The molecule has 0 aliphatic carbocycles. The van der Waals surface area contributed by atoms with E-state index in [1.807, 2.05) is 0 Å². The second-order valence-corrected chi connectivity index (χ2v) is 7.89. The van der Waals surface area contributed by atoms with Crippen molar-refractivity contribution in [3.63, 3.8) is 0 Å². The zero-order chi connectivity index (χ0) is 24.3. The molecule has 184 valence electrons. The largest absolute Gasteiger partial charge is 0.508 e.